The molecule has 3 aromatic rings. The van der Waals surface area contributed by atoms with Crippen molar-refractivity contribution in [3.8, 4) is 11.3 Å². The highest BCUT2D eigenvalue weighted by Crippen LogP contribution is 2.27. The van der Waals surface area contributed by atoms with Gasteiger partial charge in [0.15, 0.2) is 0 Å². The first-order valence-corrected chi connectivity index (χ1v) is 7.71. The average Bonchev–Trinajstić information content (AvgIpc) is 2.96. The molecule has 5 heteroatoms. The van der Waals surface area contributed by atoms with Crippen molar-refractivity contribution in [1.29, 1.82) is 0 Å². The van der Waals surface area contributed by atoms with Crippen LogP contribution in [0.25, 0.3) is 11.3 Å². The predicted octanol–water partition coefficient (Wildman–Crippen LogP) is 5.16. The van der Waals surface area contributed by atoms with Gasteiger partial charge < -0.3 is 9.71 Å². The van der Waals surface area contributed by atoms with E-state index in [0.29, 0.717) is 5.15 Å². The van der Waals surface area contributed by atoms with E-state index in [1.807, 2.05) is 37.4 Å². The second kappa shape index (κ2) is 6.24. The zero-order valence-electron chi connectivity index (χ0n) is 11.4. The maximum Gasteiger partial charge on any atom is 0.129 e. The maximum atomic E-state index is 5.85. The molecule has 0 saturated carbocycles. The number of anilines is 1. The number of rotatable bonds is 4. The number of aromatic amines is 1. The predicted molar refractivity (Wildman–Crippen MR) is 89.7 cm³/mol. The lowest BCUT2D eigenvalue weighted by molar-refractivity contribution is 1.21. The highest BCUT2D eigenvalue weighted by molar-refractivity contribution is 8.00. The number of nitrogens with one attached hydrogen (secondary N) is 2. The fourth-order valence-electron chi connectivity index (χ4n) is 1.97. The number of aryl methyl sites for hydroxylation is 1. The van der Waals surface area contributed by atoms with Crippen LogP contribution in [-0.4, -0.2) is 9.97 Å². The molecule has 0 amide bonds. The lowest BCUT2D eigenvalue weighted by Crippen LogP contribution is -1.92. The third-order valence-electron chi connectivity index (χ3n) is 3.07. The molecular formula is C16H14ClN3S. The monoisotopic (exact) mass is 315 g/mol. The SMILES string of the molecule is Cc1nc(Cl)ccc1NSc1c[nH]c(-c2ccccc2)c1. The van der Waals surface area contributed by atoms with E-state index in [1.165, 1.54) is 5.56 Å². The molecule has 0 aliphatic heterocycles. The molecule has 21 heavy (non-hydrogen) atoms. The van der Waals surface area contributed by atoms with Crippen LogP contribution in [0.4, 0.5) is 5.69 Å². The molecule has 3 nitrogen and oxygen atoms in total. The van der Waals surface area contributed by atoms with E-state index in [9.17, 15) is 0 Å². The van der Waals surface area contributed by atoms with Crippen molar-refractivity contribution in [3.05, 3.63) is 65.6 Å². The summed E-state index contributed by atoms with van der Waals surface area (Å²) in [5, 5.41) is 0.510. The highest BCUT2D eigenvalue weighted by atomic mass is 35.5. The summed E-state index contributed by atoms with van der Waals surface area (Å²) < 4.78 is 3.30. The Hall–Kier alpha value is -1.91. The van der Waals surface area contributed by atoms with E-state index in [-0.39, 0.29) is 0 Å². The smallest absolute Gasteiger partial charge is 0.129 e. The molecule has 0 aliphatic rings. The van der Waals surface area contributed by atoms with Crippen molar-refractivity contribution in [2.75, 3.05) is 4.72 Å². The van der Waals surface area contributed by atoms with Crippen LogP contribution in [0.15, 0.2) is 59.6 Å². The molecular weight excluding hydrogens is 302 g/mol. The van der Waals surface area contributed by atoms with Gasteiger partial charge >= 0.3 is 0 Å². The Kier molecular flexibility index (Phi) is 4.18. The number of H-pyrrole nitrogens is 1. The van der Waals surface area contributed by atoms with Crippen molar-refractivity contribution in [2.24, 2.45) is 0 Å². The molecule has 106 valence electrons. The minimum atomic E-state index is 0.510. The van der Waals surface area contributed by atoms with E-state index in [0.717, 1.165) is 22.0 Å². The Bertz CT molecular complexity index is 740. The van der Waals surface area contributed by atoms with Crippen molar-refractivity contribution in [1.82, 2.24) is 9.97 Å². The van der Waals surface area contributed by atoms with E-state index in [2.05, 4.69) is 32.9 Å². The third-order valence-corrected chi connectivity index (χ3v) is 4.08. The van der Waals surface area contributed by atoms with Gasteiger partial charge in [0.2, 0.25) is 0 Å². The first-order chi connectivity index (χ1) is 10.2. The number of halogens is 1. The lowest BCUT2D eigenvalue weighted by atomic mass is 10.2. The number of aromatic nitrogens is 2. The van der Waals surface area contributed by atoms with Gasteiger partial charge in [-0.3, -0.25) is 0 Å². The summed E-state index contributed by atoms with van der Waals surface area (Å²) in [6.07, 6.45) is 1.98. The van der Waals surface area contributed by atoms with Gasteiger partial charge in [0.05, 0.1) is 11.4 Å². The topological polar surface area (TPSA) is 40.7 Å². The van der Waals surface area contributed by atoms with Gasteiger partial charge in [-0.25, -0.2) is 4.98 Å². The van der Waals surface area contributed by atoms with Gasteiger partial charge in [-0.05, 0) is 42.6 Å². The van der Waals surface area contributed by atoms with Gasteiger partial charge in [0.1, 0.15) is 5.15 Å². The minimum absolute atomic E-state index is 0.510. The zero-order chi connectivity index (χ0) is 14.7. The van der Waals surface area contributed by atoms with Crippen molar-refractivity contribution in [2.45, 2.75) is 11.8 Å². The fraction of sp³-hybridized carbons (Fsp3) is 0.0625. The average molecular weight is 316 g/mol. The normalized spacial score (nSPS) is 10.6. The van der Waals surface area contributed by atoms with Crippen LogP contribution in [0.5, 0.6) is 0 Å². The summed E-state index contributed by atoms with van der Waals surface area (Å²) in [7, 11) is 0. The lowest BCUT2D eigenvalue weighted by Gasteiger charge is -2.06. The Balaban J connectivity index is 1.70. The number of hydrogen-bond acceptors (Lipinski definition) is 3. The van der Waals surface area contributed by atoms with Crippen molar-refractivity contribution < 1.29 is 0 Å². The molecule has 0 unspecified atom stereocenters. The van der Waals surface area contributed by atoms with Crippen LogP contribution in [0.3, 0.4) is 0 Å². The summed E-state index contributed by atoms with van der Waals surface area (Å²) in [5.74, 6) is 0. The molecule has 0 bridgehead atoms. The molecule has 0 fully saturated rings. The van der Waals surface area contributed by atoms with Gasteiger partial charge in [0, 0.05) is 16.8 Å². The van der Waals surface area contributed by atoms with E-state index in [1.54, 1.807) is 18.0 Å². The third kappa shape index (κ3) is 3.40. The molecule has 0 atom stereocenters. The molecule has 2 heterocycles. The van der Waals surface area contributed by atoms with Crippen LogP contribution in [0, 0.1) is 6.92 Å². The van der Waals surface area contributed by atoms with Crippen LogP contribution in [0.2, 0.25) is 5.15 Å². The van der Waals surface area contributed by atoms with Crippen molar-refractivity contribution in [3.63, 3.8) is 0 Å². The Labute approximate surface area is 132 Å². The van der Waals surface area contributed by atoms with E-state index < -0.39 is 0 Å². The molecule has 3 rings (SSSR count). The first kappa shape index (κ1) is 14.0. The van der Waals surface area contributed by atoms with Gasteiger partial charge in [0.25, 0.3) is 0 Å². The first-order valence-electron chi connectivity index (χ1n) is 6.52. The quantitative estimate of drug-likeness (QED) is 0.516. The molecule has 2 aromatic heterocycles. The van der Waals surface area contributed by atoms with Gasteiger partial charge in [-0.2, -0.15) is 0 Å². The van der Waals surface area contributed by atoms with Gasteiger partial charge in [-0.15, -0.1) is 0 Å². The maximum absolute atomic E-state index is 5.85. The summed E-state index contributed by atoms with van der Waals surface area (Å²) in [6, 6.07) is 16.1. The molecule has 0 aliphatic carbocycles. The number of pyridine rings is 1. The van der Waals surface area contributed by atoms with Crippen LogP contribution < -0.4 is 4.72 Å². The summed E-state index contributed by atoms with van der Waals surface area (Å²) in [6.45, 7) is 1.93. The largest absolute Gasteiger partial charge is 0.360 e. The number of hydrogen-bond donors (Lipinski definition) is 2. The molecule has 0 spiro atoms. The zero-order valence-corrected chi connectivity index (χ0v) is 13.0. The van der Waals surface area contributed by atoms with Gasteiger partial charge in [-0.1, -0.05) is 41.9 Å². The number of benzene rings is 1. The Morgan fingerprint density at radius 3 is 2.71 bits per heavy atom. The number of nitrogens with zero attached hydrogens (tertiary/aromatic N) is 1. The molecule has 1 aromatic carbocycles. The second-order valence-corrected chi connectivity index (χ2v) is 5.85. The molecule has 0 saturated heterocycles. The summed E-state index contributed by atoms with van der Waals surface area (Å²) >= 11 is 7.40. The Morgan fingerprint density at radius 1 is 1.14 bits per heavy atom. The highest BCUT2D eigenvalue weighted by Gasteiger charge is 2.04. The summed E-state index contributed by atoms with van der Waals surface area (Å²) in [5.41, 5.74) is 4.13. The van der Waals surface area contributed by atoms with Crippen LogP contribution in [-0.2, 0) is 0 Å². The van der Waals surface area contributed by atoms with E-state index in [4.69, 9.17) is 11.6 Å². The Morgan fingerprint density at radius 2 is 1.95 bits per heavy atom. The standard InChI is InChI=1S/C16H14ClN3S/c1-11-14(7-8-16(17)19-11)20-21-13-9-15(18-10-13)12-5-3-2-4-6-12/h2-10,18,20H,1H3. The van der Waals surface area contributed by atoms with Crippen LogP contribution >= 0.6 is 23.5 Å². The van der Waals surface area contributed by atoms with Crippen LogP contribution in [0.1, 0.15) is 5.69 Å². The molecule has 2 N–H and O–H groups in total. The van der Waals surface area contributed by atoms with Crippen molar-refractivity contribution >= 4 is 29.2 Å². The fourth-order valence-corrected chi connectivity index (χ4v) is 2.90. The summed E-state index contributed by atoms with van der Waals surface area (Å²) in [4.78, 5) is 8.62. The molecule has 0 radical (unpaired) electrons. The van der Waals surface area contributed by atoms with E-state index >= 15 is 0 Å². The second-order valence-electron chi connectivity index (χ2n) is 4.59. The minimum Gasteiger partial charge on any atom is -0.360 e.